The predicted molar refractivity (Wildman–Crippen MR) is 48.9 cm³/mol. The first-order valence-electron chi connectivity index (χ1n) is 3.06. The van der Waals surface area contributed by atoms with Crippen molar-refractivity contribution in [3.63, 3.8) is 0 Å². The van der Waals surface area contributed by atoms with Crippen LogP contribution >= 0.6 is 23.2 Å². The van der Waals surface area contributed by atoms with Gasteiger partial charge in [-0.05, 0) is 11.6 Å². The molecule has 0 spiro atoms. The van der Waals surface area contributed by atoms with E-state index >= 15 is 0 Å². The van der Waals surface area contributed by atoms with Crippen molar-refractivity contribution in [3.8, 4) is 0 Å². The highest BCUT2D eigenvalue weighted by atomic mass is 35.5. The van der Waals surface area contributed by atoms with Crippen LogP contribution in [-0.4, -0.2) is 18.4 Å². The lowest BCUT2D eigenvalue weighted by Crippen LogP contribution is -2.15. The molecule has 0 amide bonds. The number of hydrogen-bond acceptors (Lipinski definition) is 4. The Morgan fingerprint density at radius 2 is 2.08 bits per heavy atom. The van der Waals surface area contributed by atoms with Crippen LogP contribution in [0.1, 0.15) is 5.56 Å². The van der Waals surface area contributed by atoms with Gasteiger partial charge in [-0.3, -0.25) is 0 Å². The molecule has 1 aromatic heterocycles. The Kier molecular flexibility index (Phi) is 3.07. The van der Waals surface area contributed by atoms with Gasteiger partial charge in [0.25, 0.3) is 0 Å². The smallest absolute Gasteiger partial charge is 0.223 e. The van der Waals surface area contributed by atoms with Gasteiger partial charge in [0.2, 0.25) is 15.3 Å². The molecule has 1 heterocycles. The van der Waals surface area contributed by atoms with Gasteiger partial charge in [-0.25, -0.2) is 23.5 Å². The van der Waals surface area contributed by atoms with Crippen LogP contribution in [0.5, 0.6) is 0 Å². The molecule has 0 aliphatic rings. The third kappa shape index (κ3) is 3.43. The van der Waals surface area contributed by atoms with E-state index in [0.29, 0.717) is 0 Å². The summed E-state index contributed by atoms with van der Waals surface area (Å²) in [5, 5.41) is 4.76. The van der Waals surface area contributed by atoms with Gasteiger partial charge in [0, 0.05) is 11.8 Å². The SMILES string of the molecule is NS(=O)(=O)Cc1cnc(Cl)nc1Cl. The number of aromatic nitrogens is 2. The average Bonchev–Trinajstić information content (AvgIpc) is 1.93. The molecule has 0 aliphatic heterocycles. The number of halogens is 2. The summed E-state index contributed by atoms with van der Waals surface area (Å²) in [6.45, 7) is 0. The Morgan fingerprint density at radius 1 is 1.46 bits per heavy atom. The number of nitrogens with two attached hydrogens (primary N) is 1. The van der Waals surface area contributed by atoms with E-state index in [0.717, 1.165) is 0 Å². The van der Waals surface area contributed by atoms with Gasteiger partial charge in [-0.1, -0.05) is 11.6 Å². The molecular formula is C5H5Cl2N3O2S. The Labute approximate surface area is 84.9 Å². The second kappa shape index (κ2) is 3.75. The quantitative estimate of drug-likeness (QED) is 0.606. The molecule has 13 heavy (non-hydrogen) atoms. The fourth-order valence-electron chi connectivity index (χ4n) is 0.680. The molecule has 0 bridgehead atoms. The second-order valence-electron chi connectivity index (χ2n) is 2.26. The normalized spacial score (nSPS) is 11.6. The number of hydrogen-bond donors (Lipinski definition) is 1. The van der Waals surface area contributed by atoms with Gasteiger partial charge in [0.1, 0.15) is 5.15 Å². The van der Waals surface area contributed by atoms with Crippen LogP contribution in [0.15, 0.2) is 6.20 Å². The highest BCUT2D eigenvalue weighted by Gasteiger charge is 2.10. The van der Waals surface area contributed by atoms with Gasteiger partial charge in [0.15, 0.2) is 0 Å². The zero-order valence-corrected chi connectivity index (χ0v) is 8.57. The molecule has 8 heteroatoms. The molecule has 5 nitrogen and oxygen atoms in total. The summed E-state index contributed by atoms with van der Waals surface area (Å²) in [6.07, 6.45) is 1.22. The van der Waals surface area contributed by atoms with Gasteiger partial charge in [-0.15, -0.1) is 0 Å². The third-order valence-corrected chi connectivity index (χ3v) is 2.36. The molecule has 0 radical (unpaired) electrons. The maximum atomic E-state index is 10.7. The lowest BCUT2D eigenvalue weighted by Gasteiger charge is -2.00. The van der Waals surface area contributed by atoms with E-state index in [4.69, 9.17) is 28.3 Å². The minimum Gasteiger partial charge on any atom is -0.228 e. The second-order valence-corrected chi connectivity index (χ2v) is 4.57. The zero-order chi connectivity index (χ0) is 10.1. The molecule has 0 fully saturated rings. The van der Waals surface area contributed by atoms with Gasteiger partial charge < -0.3 is 0 Å². The van der Waals surface area contributed by atoms with Crippen LogP contribution in [0.25, 0.3) is 0 Å². The van der Waals surface area contributed by atoms with E-state index in [-0.39, 0.29) is 16.0 Å². The Balaban J connectivity index is 3.04. The molecule has 0 unspecified atom stereocenters. The summed E-state index contributed by atoms with van der Waals surface area (Å²) in [5.74, 6) is -0.400. The van der Waals surface area contributed by atoms with Gasteiger partial charge in [0.05, 0.1) is 5.75 Å². The molecule has 72 valence electrons. The first kappa shape index (κ1) is 10.6. The molecule has 0 aliphatic carbocycles. The molecule has 0 aromatic carbocycles. The Morgan fingerprint density at radius 3 is 2.54 bits per heavy atom. The molecular weight excluding hydrogens is 237 g/mol. The fraction of sp³-hybridized carbons (Fsp3) is 0.200. The number of primary sulfonamides is 1. The van der Waals surface area contributed by atoms with Crippen molar-refractivity contribution >= 4 is 33.2 Å². The van der Waals surface area contributed by atoms with Crippen molar-refractivity contribution < 1.29 is 8.42 Å². The Bertz CT molecular complexity index is 420. The zero-order valence-electron chi connectivity index (χ0n) is 6.24. The lowest BCUT2D eigenvalue weighted by molar-refractivity contribution is 0.597. The first-order valence-corrected chi connectivity index (χ1v) is 5.53. The van der Waals surface area contributed by atoms with Crippen LogP contribution < -0.4 is 5.14 Å². The van der Waals surface area contributed by atoms with Crippen molar-refractivity contribution in [3.05, 3.63) is 22.2 Å². The summed E-state index contributed by atoms with van der Waals surface area (Å²) in [6, 6.07) is 0. The van der Waals surface area contributed by atoms with E-state index < -0.39 is 15.8 Å². The van der Waals surface area contributed by atoms with Crippen molar-refractivity contribution in [2.24, 2.45) is 5.14 Å². The minimum absolute atomic E-state index is 0.00553. The van der Waals surface area contributed by atoms with E-state index in [1.54, 1.807) is 0 Å². The summed E-state index contributed by atoms with van der Waals surface area (Å²) < 4.78 is 21.3. The maximum Gasteiger partial charge on any atom is 0.223 e. The topological polar surface area (TPSA) is 85.9 Å². The van der Waals surface area contributed by atoms with Crippen molar-refractivity contribution in [1.82, 2.24) is 9.97 Å². The van der Waals surface area contributed by atoms with E-state index in [1.165, 1.54) is 6.20 Å². The van der Waals surface area contributed by atoms with Gasteiger partial charge in [-0.2, -0.15) is 0 Å². The minimum atomic E-state index is -3.62. The van der Waals surface area contributed by atoms with Crippen LogP contribution in [-0.2, 0) is 15.8 Å². The van der Waals surface area contributed by atoms with Crippen molar-refractivity contribution in [1.29, 1.82) is 0 Å². The predicted octanol–water partition coefficient (Wildman–Crippen LogP) is 0.572. The van der Waals surface area contributed by atoms with Crippen LogP contribution in [0.3, 0.4) is 0 Å². The Hall–Kier alpha value is -0.430. The van der Waals surface area contributed by atoms with Crippen LogP contribution in [0.2, 0.25) is 10.4 Å². The van der Waals surface area contributed by atoms with Crippen molar-refractivity contribution in [2.75, 3.05) is 0 Å². The van der Waals surface area contributed by atoms with Crippen LogP contribution in [0, 0.1) is 0 Å². The van der Waals surface area contributed by atoms with E-state index in [9.17, 15) is 8.42 Å². The van der Waals surface area contributed by atoms with Crippen molar-refractivity contribution in [2.45, 2.75) is 5.75 Å². The fourth-order valence-corrected chi connectivity index (χ4v) is 1.78. The van der Waals surface area contributed by atoms with Crippen LogP contribution in [0.4, 0.5) is 0 Å². The maximum absolute atomic E-state index is 10.7. The molecule has 1 aromatic rings. The molecule has 0 saturated carbocycles. The number of nitrogens with zero attached hydrogens (tertiary/aromatic N) is 2. The van der Waals surface area contributed by atoms with Gasteiger partial charge >= 0.3 is 0 Å². The van der Waals surface area contributed by atoms with E-state index in [2.05, 4.69) is 9.97 Å². The number of rotatable bonds is 2. The molecule has 0 saturated heterocycles. The summed E-state index contributed by atoms with van der Waals surface area (Å²) in [5.41, 5.74) is 0.230. The summed E-state index contributed by atoms with van der Waals surface area (Å²) >= 11 is 11.0. The highest BCUT2D eigenvalue weighted by molar-refractivity contribution is 7.88. The molecule has 1 rings (SSSR count). The average molecular weight is 242 g/mol. The molecule has 2 N–H and O–H groups in total. The standard InChI is InChI=1S/C5H5Cl2N3O2S/c6-4-3(2-13(8,11)12)1-9-5(7)10-4/h1H,2H2,(H2,8,11,12). The summed E-state index contributed by atoms with van der Waals surface area (Å²) in [7, 11) is -3.62. The summed E-state index contributed by atoms with van der Waals surface area (Å²) in [4.78, 5) is 7.13. The third-order valence-electron chi connectivity index (χ3n) is 1.14. The van der Waals surface area contributed by atoms with E-state index in [1.807, 2.05) is 0 Å². The molecule has 0 atom stereocenters. The monoisotopic (exact) mass is 241 g/mol. The largest absolute Gasteiger partial charge is 0.228 e. The lowest BCUT2D eigenvalue weighted by atomic mass is 10.4. The first-order chi connectivity index (χ1) is 5.88. The highest BCUT2D eigenvalue weighted by Crippen LogP contribution is 2.15. The number of sulfonamides is 1.